The van der Waals surface area contributed by atoms with Crippen LogP contribution in [-0.2, 0) is 11.3 Å². The van der Waals surface area contributed by atoms with E-state index in [1.54, 1.807) is 6.07 Å². The van der Waals surface area contributed by atoms with Crippen LogP contribution in [0.5, 0.6) is 0 Å². The Bertz CT molecular complexity index is 644. The molecule has 0 heterocycles. The van der Waals surface area contributed by atoms with Gasteiger partial charge in [-0.2, -0.15) is 0 Å². The highest BCUT2D eigenvalue weighted by atomic mass is 19.1. The second-order valence-electron chi connectivity index (χ2n) is 4.48. The summed E-state index contributed by atoms with van der Waals surface area (Å²) < 4.78 is 18.4. The molecule has 0 aliphatic carbocycles. The summed E-state index contributed by atoms with van der Waals surface area (Å²) in [6.07, 6.45) is 0. The van der Waals surface area contributed by atoms with Crippen molar-refractivity contribution in [3.63, 3.8) is 0 Å². The third-order valence-corrected chi connectivity index (χ3v) is 2.99. The number of benzene rings is 2. The molecule has 1 amide bonds. The molecule has 0 fully saturated rings. The number of hydrogen-bond donors (Lipinski definition) is 2. The summed E-state index contributed by atoms with van der Waals surface area (Å²) in [6.45, 7) is 2.90. The Balaban J connectivity index is 2.19. The van der Waals surface area contributed by atoms with Gasteiger partial charge < -0.3 is 15.8 Å². The van der Waals surface area contributed by atoms with E-state index in [0.29, 0.717) is 18.9 Å². The Kier molecular flexibility index (Phi) is 4.90. The molecule has 0 aromatic heterocycles. The molecule has 0 unspecified atom stereocenters. The Labute approximate surface area is 122 Å². The van der Waals surface area contributed by atoms with Crippen LogP contribution in [-0.4, -0.2) is 12.5 Å². The smallest absolute Gasteiger partial charge is 0.257 e. The zero-order valence-corrected chi connectivity index (χ0v) is 11.7. The Morgan fingerprint density at radius 3 is 2.76 bits per heavy atom. The summed E-state index contributed by atoms with van der Waals surface area (Å²) in [7, 11) is 0. The number of nitrogens with one attached hydrogen (secondary N) is 1. The zero-order chi connectivity index (χ0) is 15.2. The first-order valence-electron chi connectivity index (χ1n) is 6.64. The van der Waals surface area contributed by atoms with Crippen LogP contribution in [0.2, 0.25) is 0 Å². The van der Waals surface area contributed by atoms with Crippen LogP contribution in [0.15, 0.2) is 42.5 Å². The number of hydrogen-bond acceptors (Lipinski definition) is 3. The van der Waals surface area contributed by atoms with Gasteiger partial charge in [-0.15, -0.1) is 0 Å². The van der Waals surface area contributed by atoms with Crippen LogP contribution < -0.4 is 11.1 Å². The van der Waals surface area contributed by atoms with Gasteiger partial charge in [0.1, 0.15) is 5.82 Å². The molecule has 110 valence electrons. The molecule has 0 bridgehead atoms. The number of ether oxygens (including phenoxy) is 1. The van der Waals surface area contributed by atoms with Crippen LogP contribution in [0, 0.1) is 5.82 Å². The molecule has 2 aromatic carbocycles. The highest BCUT2D eigenvalue weighted by Crippen LogP contribution is 2.19. The van der Waals surface area contributed by atoms with E-state index in [9.17, 15) is 9.18 Å². The molecule has 3 N–H and O–H groups in total. The van der Waals surface area contributed by atoms with Gasteiger partial charge in [0.25, 0.3) is 5.91 Å². The van der Waals surface area contributed by atoms with Gasteiger partial charge in [-0.1, -0.05) is 18.2 Å². The molecule has 0 saturated heterocycles. The molecule has 5 heteroatoms. The summed E-state index contributed by atoms with van der Waals surface area (Å²) in [5, 5.41) is 2.77. The first kappa shape index (κ1) is 15.0. The fourth-order valence-electron chi connectivity index (χ4n) is 1.91. The Morgan fingerprint density at radius 1 is 1.29 bits per heavy atom. The number of nitrogen functional groups attached to an aromatic ring is 1. The van der Waals surface area contributed by atoms with Crippen molar-refractivity contribution in [2.75, 3.05) is 17.7 Å². The maximum atomic E-state index is 13.0. The molecule has 2 aromatic rings. The number of amides is 1. The molecule has 21 heavy (non-hydrogen) atoms. The van der Waals surface area contributed by atoms with Crippen LogP contribution in [0.1, 0.15) is 22.8 Å². The van der Waals surface area contributed by atoms with Crippen LogP contribution in [0.3, 0.4) is 0 Å². The monoisotopic (exact) mass is 288 g/mol. The van der Waals surface area contributed by atoms with Gasteiger partial charge in [0.15, 0.2) is 0 Å². The molecule has 0 saturated carbocycles. The quantitative estimate of drug-likeness (QED) is 0.830. The second kappa shape index (κ2) is 6.85. The largest absolute Gasteiger partial charge is 0.398 e. The third kappa shape index (κ3) is 3.79. The minimum Gasteiger partial charge on any atom is -0.398 e. The highest BCUT2D eigenvalue weighted by molar-refractivity contribution is 6.08. The first-order valence-corrected chi connectivity index (χ1v) is 6.64. The van der Waals surface area contributed by atoms with Crippen molar-refractivity contribution in [2.24, 2.45) is 0 Å². The average molecular weight is 288 g/mol. The van der Waals surface area contributed by atoms with E-state index in [4.69, 9.17) is 10.5 Å². The van der Waals surface area contributed by atoms with E-state index >= 15 is 0 Å². The molecule has 0 atom stereocenters. The van der Waals surface area contributed by atoms with Crippen molar-refractivity contribution in [2.45, 2.75) is 13.5 Å². The van der Waals surface area contributed by atoms with Gasteiger partial charge in [0, 0.05) is 23.5 Å². The summed E-state index contributed by atoms with van der Waals surface area (Å²) in [4.78, 5) is 12.2. The average Bonchev–Trinajstić information content (AvgIpc) is 2.46. The molecule has 0 radical (unpaired) electrons. The lowest BCUT2D eigenvalue weighted by Gasteiger charge is -2.12. The van der Waals surface area contributed by atoms with E-state index < -0.39 is 5.82 Å². The van der Waals surface area contributed by atoms with Crippen molar-refractivity contribution in [3.05, 3.63) is 59.4 Å². The van der Waals surface area contributed by atoms with Crippen molar-refractivity contribution < 1.29 is 13.9 Å². The molecule has 4 nitrogen and oxygen atoms in total. The van der Waals surface area contributed by atoms with Gasteiger partial charge >= 0.3 is 0 Å². The van der Waals surface area contributed by atoms with E-state index in [1.165, 1.54) is 12.1 Å². The molecule has 2 rings (SSSR count). The van der Waals surface area contributed by atoms with E-state index in [1.807, 2.05) is 25.1 Å². The van der Waals surface area contributed by atoms with Crippen molar-refractivity contribution >= 4 is 17.3 Å². The summed E-state index contributed by atoms with van der Waals surface area (Å²) in [5.41, 5.74) is 7.53. The predicted molar refractivity (Wildman–Crippen MR) is 80.5 cm³/mol. The fourth-order valence-corrected chi connectivity index (χ4v) is 1.91. The highest BCUT2D eigenvalue weighted by Gasteiger charge is 2.12. The van der Waals surface area contributed by atoms with Crippen LogP contribution in [0.25, 0.3) is 0 Å². The standard InChI is InChI=1S/C16H17FN2O2/c1-2-21-10-11-5-3-4-6-15(11)19-16(20)13-8-7-12(17)9-14(13)18/h3-9H,2,10,18H2,1H3,(H,19,20). The number of anilines is 2. The first-order chi connectivity index (χ1) is 10.1. The lowest BCUT2D eigenvalue weighted by atomic mass is 10.1. The Hall–Kier alpha value is -2.40. The SMILES string of the molecule is CCOCc1ccccc1NC(=O)c1ccc(F)cc1N. The van der Waals surface area contributed by atoms with Crippen LogP contribution in [0.4, 0.5) is 15.8 Å². The van der Waals surface area contributed by atoms with Crippen molar-refractivity contribution in [1.29, 1.82) is 0 Å². The van der Waals surface area contributed by atoms with Gasteiger partial charge in [0.05, 0.1) is 12.2 Å². The third-order valence-electron chi connectivity index (χ3n) is 2.99. The van der Waals surface area contributed by atoms with Gasteiger partial charge in [-0.25, -0.2) is 4.39 Å². The molecule has 0 aliphatic heterocycles. The maximum absolute atomic E-state index is 13.0. The van der Waals surface area contributed by atoms with E-state index in [2.05, 4.69) is 5.32 Å². The van der Waals surface area contributed by atoms with E-state index in [0.717, 1.165) is 11.6 Å². The van der Waals surface area contributed by atoms with Gasteiger partial charge in [-0.05, 0) is 31.2 Å². The van der Waals surface area contributed by atoms with Gasteiger partial charge in [0.2, 0.25) is 0 Å². The number of para-hydroxylation sites is 1. The number of carbonyl (C=O) groups excluding carboxylic acids is 1. The number of halogens is 1. The minimum atomic E-state index is -0.471. The number of nitrogens with two attached hydrogens (primary N) is 1. The van der Waals surface area contributed by atoms with E-state index in [-0.39, 0.29) is 17.2 Å². The van der Waals surface area contributed by atoms with Crippen molar-refractivity contribution in [1.82, 2.24) is 0 Å². The summed E-state index contributed by atoms with van der Waals surface area (Å²) in [6, 6.07) is 11.0. The molecular formula is C16H17FN2O2. The maximum Gasteiger partial charge on any atom is 0.257 e. The number of carbonyl (C=O) groups is 1. The normalized spacial score (nSPS) is 10.4. The zero-order valence-electron chi connectivity index (χ0n) is 11.7. The van der Waals surface area contributed by atoms with Crippen molar-refractivity contribution in [3.8, 4) is 0 Å². The molecule has 0 spiro atoms. The molecule has 0 aliphatic rings. The van der Waals surface area contributed by atoms with Crippen LogP contribution >= 0.6 is 0 Å². The van der Waals surface area contributed by atoms with Gasteiger partial charge in [-0.3, -0.25) is 4.79 Å². The lowest BCUT2D eigenvalue weighted by molar-refractivity contribution is 0.102. The fraction of sp³-hybridized carbons (Fsp3) is 0.188. The molecular weight excluding hydrogens is 271 g/mol. The lowest BCUT2D eigenvalue weighted by Crippen LogP contribution is -2.15. The second-order valence-corrected chi connectivity index (χ2v) is 4.48. The summed E-state index contributed by atoms with van der Waals surface area (Å²) >= 11 is 0. The summed E-state index contributed by atoms with van der Waals surface area (Å²) in [5.74, 6) is -0.850. The number of rotatable bonds is 5. The Morgan fingerprint density at radius 2 is 2.05 bits per heavy atom. The predicted octanol–water partition coefficient (Wildman–Crippen LogP) is 3.20. The topological polar surface area (TPSA) is 64.3 Å². The minimum absolute atomic E-state index is 0.106.